The number of benzene rings is 2. The number of nitrogens with one attached hydrogen (secondary N) is 1. The van der Waals surface area contributed by atoms with Crippen LogP contribution in [0.15, 0.2) is 59.3 Å². The maximum Gasteiger partial charge on any atom is 0.230 e. The number of fused-ring (bicyclic) bond motifs is 1. The van der Waals surface area contributed by atoms with E-state index in [1.54, 1.807) is 30.6 Å². The molecule has 118 valence electrons. The molecule has 0 saturated heterocycles. The Morgan fingerprint density at radius 3 is 2.50 bits per heavy atom. The summed E-state index contributed by atoms with van der Waals surface area (Å²) >= 11 is 8.23. The van der Waals surface area contributed by atoms with Gasteiger partial charge in [0.05, 0.1) is 5.56 Å². The minimum absolute atomic E-state index is 0.466. The van der Waals surface area contributed by atoms with Crippen molar-refractivity contribution < 1.29 is 4.42 Å². The third-order valence-corrected chi connectivity index (χ3v) is 4.30. The third-order valence-electron chi connectivity index (χ3n) is 3.35. The fourth-order valence-corrected chi connectivity index (χ4v) is 2.72. The first-order valence-electron chi connectivity index (χ1n) is 7.08. The van der Waals surface area contributed by atoms with Gasteiger partial charge in [0.15, 0.2) is 5.58 Å². The fraction of sp³-hybridized carbons (Fsp3) is 0. The van der Waals surface area contributed by atoms with Crippen LogP contribution in [0.1, 0.15) is 0 Å². The standard InChI is InChI=1S/C17H10ClIN4O/c18-11-1-6-15-14(7-11)23-16(24-15)10-8-20-17(21-9-10)22-13-4-2-12(19)3-5-13/h1-9H,(H,20,21,22). The molecule has 0 spiro atoms. The van der Waals surface area contributed by atoms with Crippen LogP contribution in [0, 0.1) is 3.57 Å². The molecular weight excluding hydrogens is 439 g/mol. The Labute approximate surface area is 156 Å². The predicted molar refractivity (Wildman–Crippen MR) is 102 cm³/mol. The number of nitrogens with zero attached hydrogens (tertiary/aromatic N) is 3. The van der Waals surface area contributed by atoms with Crippen LogP contribution in [-0.2, 0) is 0 Å². The summed E-state index contributed by atoms with van der Waals surface area (Å²) in [5.74, 6) is 0.979. The van der Waals surface area contributed by atoms with E-state index in [2.05, 4.69) is 42.9 Å². The highest BCUT2D eigenvalue weighted by atomic mass is 127. The number of anilines is 2. The summed E-state index contributed by atoms with van der Waals surface area (Å²) in [7, 11) is 0. The topological polar surface area (TPSA) is 63.8 Å². The second-order valence-electron chi connectivity index (χ2n) is 5.06. The molecule has 0 bridgehead atoms. The van der Waals surface area contributed by atoms with Crippen LogP contribution in [0.2, 0.25) is 5.02 Å². The predicted octanol–water partition coefficient (Wildman–Crippen LogP) is 5.29. The summed E-state index contributed by atoms with van der Waals surface area (Å²) in [6, 6.07) is 13.3. The van der Waals surface area contributed by atoms with Gasteiger partial charge in [0.1, 0.15) is 5.52 Å². The average Bonchev–Trinajstić information content (AvgIpc) is 3.01. The largest absolute Gasteiger partial charge is 0.436 e. The maximum absolute atomic E-state index is 5.97. The number of aromatic nitrogens is 3. The Morgan fingerprint density at radius 1 is 1.00 bits per heavy atom. The van der Waals surface area contributed by atoms with Crippen LogP contribution >= 0.6 is 34.2 Å². The zero-order valence-electron chi connectivity index (χ0n) is 12.2. The van der Waals surface area contributed by atoms with Crippen molar-refractivity contribution in [1.29, 1.82) is 0 Å². The zero-order chi connectivity index (χ0) is 16.5. The monoisotopic (exact) mass is 448 g/mol. The minimum atomic E-state index is 0.466. The lowest BCUT2D eigenvalue weighted by atomic mass is 10.3. The van der Waals surface area contributed by atoms with E-state index in [9.17, 15) is 0 Å². The highest BCUT2D eigenvalue weighted by Gasteiger charge is 2.10. The number of halogens is 2. The summed E-state index contributed by atoms with van der Waals surface area (Å²) in [4.78, 5) is 13.0. The molecule has 0 aliphatic heterocycles. The molecule has 2 aromatic heterocycles. The molecule has 24 heavy (non-hydrogen) atoms. The van der Waals surface area contributed by atoms with Crippen LogP contribution in [0.3, 0.4) is 0 Å². The third kappa shape index (κ3) is 3.20. The van der Waals surface area contributed by atoms with Crippen molar-refractivity contribution in [2.45, 2.75) is 0 Å². The fourth-order valence-electron chi connectivity index (χ4n) is 2.19. The molecule has 4 aromatic rings. The van der Waals surface area contributed by atoms with E-state index in [1.165, 1.54) is 3.57 Å². The van der Waals surface area contributed by atoms with Crippen molar-refractivity contribution >= 4 is 56.9 Å². The van der Waals surface area contributed by atoms with E-state index < -0.39 is 0 Å². The van der Waals surface area contributed by atoms with Gasteiger partial charge >= 0.3 is 0 Å². The van der Waals surface area contributed by atoms with E-state index in [4.69, 9.17) is 16.0 Å². The number of rotatable bonds is 3. The Kier molecular flexibility index (Phi) is 4.07. The lowest BCUT2D eigenvalue weighted by Crippen LogP contribution is -1.96. The molecule has 0 radical (unpaired) electrons. The first kappa shape index (κ1) is 15.3. The first-order valence-corrected chi connectivity index (χ1v) is 8.54. The van der Waals surface area contributed by atoms with Gasteiger partial charge in [-0.05, 0) is 65.1 Å². The molecule has 7 heteroatoms. The average molecular weight is 449 g/mol. The Hall–Kier alpha value is -2.19. The zero-order valence-corrected chi connectivity index (χ0v) is 15.1. The molecule has 0 aliphatic carbocycles. The number of hydrogen-bond donors (Lipinski definition) is 1. The van der Waals surface area contributed by atoms with Crippen molar-refractivity contribution in [3.63, 3.8) is 0 Å². The SMILES string of the molecule is Clc1ccc2oc(-c3cnc(Nc4ccc(I)cc4)nc3)nc2c1. The van der Waals surface area contributed by atoms with Gasteiger partial charge < -0.3 is 9.73 Å². The quantitative estimate of drug-likeness (QED) is 0.432. The molecule has 0 amide bonds. The molecule has 2 aromatic carbocycles. The van der Waals surface area contributed by atoms with Gasteiger partial charge in [-0.15, -0.1) is 0 Å². The van der Waals surface area contributed by atoms with Crippen LogP contribution in [-0.4, -0.2) is 15.0 Å². The van der Waals surface area contributed by atoms with Crippen molar-refractivity contribution in [3.8, 4) is 11.5 Å². The normalized spacial score (nSPS) is 10.9. The minimum Gasteiger partial charge on any atom is -0.436 e. The van der Waals surface area contributed by atoms with E-state index in [1.807, 2.05) is 24.3 Å². The molecule has 0 atom stereocenters. The van der Waals surface area contributed by atoms with Crippen molar-refractivity contribution in [2.75, 3.05) is 5.32 Å². The van der Waals surface area contributed by atoms with E-state index in [0.717, 1.165) is 5.69 Å². The molecule has 5 nitrogen and oxygen atoms in total. The molecule has 1 N–H and O–H groups in total. The van der Waals surface area contributed by atoms with Gasteiger partial charge in [-0.1, -0.05) is 11.6 Å². The molecule has 0 fully saturated rings. The highest BCUT2D eigenvalue weighted by molar-refractivity contribution is 14.1. The lowest BCUT2D eigenvalue weighted by molar-refractivity contribution is 0.619. The van der Waals surface area contributed by atoms with Gasteiger partial charge in [-0.3, -0.25) is 0 Å². The molecular formula is C17H10ClIN4O. The smallest absolute Gasteiger partial charge is 0.230 e. The van der Waals surface area contributed by atoms with Crippen LogP contribution < -0.4 is 5.32 Å². The van der Waals surface area contributed by atoms with Gasteiger partial charge in [0.2, 0.25) is 11.8 Å². The second kappa shape index (κ2) is 6.37. The first-order chi connectivity index (χ1) is 11.7. The molecule has 4 rings (SSSR count). The van der Waals surface area contributed by atoms with Crippen LogP contribution in [0.5, 0.6) is 0 Å². The highest BCUT2D eigenvalue weighted by Crippen LogP contribution is 2.26. The van der Waals surface area contributed by atoms with Crippen molar-refractivity contribution in [1.82, 2.24) is 15.0 Å². The van der Waals surface area contributed by atoms with Gasteiger partial charge in [0, 0.05) is 26.7 Å². The summed E-state index contributed by atoms with van der Waals surface area (Å²) in [5, 5.41) is 3.77. The second-order valence-corrected chi connectivity index (χ2v) is 6.74. The van der Waals surface area contributed by atoms with Crippen molar-refractivity contribution in [3.05, 3.63) is 63.5 Å². The Balaban J connectivity index is 1.59. The molecule has 0 saturated carbocycles. The summed E-state index contributed by atoms with van der Waals surface area (Å²) < 4.78 is 6.88. The van der Waals surface area contributed by atoms with E-state index in [0.29, 0.717) is 33.5 Å². The maximum atomic E-state index is 5.97. The lowest BCUT2D eigenvalue weighted by Gasteiger charge is -2.04. The summed E-state index contributed by atoms with van der Waals surface area (Å²) in [5.41, 5.74) is 3.02. The number of hydrogen-bond acceptors (Lipinski definition) is 5. The Morgan fingerprint density at radius 2 is 1.75 bits per heavy atom. The summed E-state index contributed by atoms with van der Waals surface area (Å²) in [6.45, 7) is 0. The van der Waals surface area contributed by atoms with Crippen LogP contribution in [0.25, 0.3) is 22.6 Å². The summed E-state index contributed by atoms with van der Waals surface area (Å²) in [6.07, 6.45) is 3.35. The Bertz CT molecular complexity index is 999. The van der Waals surface area contributed by atoms with Gasteiger partial charge in [-0.25, -0.2) is 15.0 Å². The van der Waals surface area contributed by atoms with Crippen molar-refractivity contribution in [2.24, 2.45) is 0 Å². The van der Waals surface area contributed by atoms with Gasteiger partial charge in [0.25, 0.3) is 0 Å². The van der Waals surface area contributed by atoms with Gasteiger partial charge in [-0.2, -0.15) is 0 Å². The molecule has 0 aliphatic rings. The molecule has 0 unspecified atom stereocenters. The number of oxazole rings is 1. The molecule has 2 heterocycles. The van der Waals surface area contributed by atoms with E-state index in [-0.39, 0.29) is 0 Å². The van der Waals surface area contributed by atoms with E-state index >= 15 is 0 Å². The van der Waals surface area contributed by atoms with Crippen LogP contribution in [0.4, 0.5) is 11.6 Å².